The predicted octanol–water partition coefficient (Wildman–Crippen LogP) is -0.712. The average molecular weight is 389 g/mol. The van der Waals surface area contributed by atoms with E-state index in [1.54, 1.807) is 0 Å². The Kier molecular flexibility index (Phi) is 11.4. The van der Waals surface area contributed by atoms with Crippen LogP contribution in [0, 0.1) is 0 Å². The number of carboxylic acid groups (broad SMARTS) is 3. The topological polar surface area (TPSA) is 196 Å². The normalized spacial score (nSPS) is 13.9. The standard InChI is InChI=1S/C16H27N3O8/c1-2-3-4-9(17)14(24)18-10(5-7-12(20)21)15(25)19-11(16(26)27)6-8-13(22)23/h9-11H,2-8,17H2,1H3,(H,18,24)(H,19,25)(H,20,21)(H,22,23)(H,26,27)/t9-,10-,11-/m0/s1. The van der Waals surface area contributed by atoms with E-state index in [0.717, 1.165) is 6.42 Å². The molecule has 0 aromatic heterocycles. The second-order valence-electron chi connectivity index (χ2n) is 6.07. The molecule has 0 aliphatic rings. The highest BCUT2D eigenvalue weighted by Crippen LogP contribution is 2.05. The first-order valence-corrected chi connectivity index (χ1v) is 8.61. The molecule has 11 nitrogen and oxygen atoms in total. The Hall–Kier alpha value is -2.69. The third-order valence-electron chi connectivity index (χ3n) is 3.75. The Morgan fingerprint density at radius 3 is 1.74 bits per heavy atom. The molecule has 0 aliphatic carbocycles. The lowest BCUT2D eigenvalue weighted by atomic mass is 10.1. The zero-order chi connectivity index (χ0) is 21.0. The van der Waals surface area contributed by atoms with Crippen LogP contribution in [0.5, 0.6) is 0 Å². The Balaban J connectivity index is 5.04. The highest BCUT2D eigenvalue weighted by Gasteiger charge is 2.28. The minimum absolute atomic E-state index is 0.265. The van der Waals surface area contributed by atoms with Gasteiger partial charge in [-0.2, -0.15) is 0 Å². The minimum atomic E-state index is -1.48. The number of hydrogen-bond acceptors (Lipinski definition) is 6. The molecule has 0 radical (unpaired) electrons. The molecule has 11 heteroatoms. The van der Waals surface area contributed by atoms with Crippen molar-refractivity contribution in [1.82, 2.24) is 10.6 Å². The van der Waals surface area contributed by atoms with Crippen LogP contribution in [-0.2, 0) is 24.0 Å². The second-order valence-corrected chi connectivity index (χ2v) is 6.07. The van der Waals surface area contributed by atoms with Crippen LogP contribution in [0.15, 0.2) is 0 Å². The summed E-state index contributed by atoms with van der Waals surface area (Å²) in [5.74, 6) is -5.42. The van der Waals surface area contributed by atoms with Crippen LogP contribution < -0.4 is 16.4 Å². The van der Waals surface area contributed by atoms with Gasteiger partial charge in [0.1, 0.15) is 12.1 Å². The van der Waals surface area contributed by atoms with E-state index in [4.69, 9.17) is 21.1 Å². The second kappa shape index (κ2) is 12.6. The Bertz CT molecular complexity index is 552. The molecule has 154 valence electrons. The Labute approximate surface area is 156 Å². The maximum atomic E-state index is 12.3. The first-order chi connectivity index (χ1) is 12.6. The molecule has 0 fully saturated rings. The van der Waals surface area contributed by atoms with E-state index in [1.807, 2.05) is 6.92 Å². The molecule has 27 heavy (non-hydrogen) atoms. The monoisotopic (exact) mass is 389 g/mol. The molecule has 7 N–H and O–H groups in total. The third-order valence-corrected chi connectivity index (χ3v) is 3.75. The van der Waals surface area contributed by atoms with Gasteiger partial charge in [0.05, 0.1) is 6.04 Å². The maximum Gasteiger partial charge on any atom is 0.326 e. The van der Waals surface area contributed by atoms with E-state index in [1.165, 1.54) is 0 Å². The molecule has 0 spiro atoms. The van der Waals surface area contributed by atoms with Crippen molar-refractivity contribution < 1.29 is 39.3 Å². The van der Waals surface area contributed by atoms with E-state index >= 15 is 0 Å². The smallest absolute Gasteiger partial charge is 0.326 e. The fraction of sp³-hybridized carbons (Fsp3) is 0.688. The average Bonchev–Trinajstić information content (AvgIpc) is 2.58. The summed E-state index contributed by atoms with van der Waals surface area (Å²) < 4.78 is 0. The summed E-state index contributed by atoms with van der Waals surface area (Å²) in [5.41, 5.74) is 5.72. The molecule has 0 saturated heterocycles. The van der Waals surface area contributed by atoms with Gasteiger partial charge in [-0.25, -0.2) is 4.79 Å². The molecule has 0 saturated carbocycles. The van der Waals surface area contributed by atoms with Gasteiger partial charge in [0.15, 0.2) is 0 Å². The van der Waals surface area contributed by atoms with Crippen LogP contribution >= 0.6 is 0 Å². The van der Waals surface area contributed by atoms with E-state index in [0.29, 0.717) is 12.8 Å². The molecule has 0 heterocycles. The predicted molar refractivity (Wildman–Crippen MR) is 92.7 cm³/mol. The molecule has 0 bridgehead atoms. The number of carboxylic acids is 3. The van der Waals surface area contributed by atoms with E-state index in [9.17, 15) is 24.0 Å². The summed E-state index contributed by atoms with van der Waals surface area (Å²) in [4.78, 5) is 56.9. The molecular formula is C16H27N3O8. The van der Waals surface area contributed by atoms with Crippen molar-refractivity contribution in [3.05, 3.63) is 0 Å². The first-order valence-electron chi connectivity index (χ1n) is 8.61. The van der Waals surface area contributed by atoms with Crippen LogP contribution in [0.2, 0.25) is 0 Å². The summed E-state index contributed by atoms with van der Waals surface area (Å²) in [7, 11) is 0. The number of nitrogens with two attached hydrogens (primary N) is 1. The van der Waals surface area contributed by atoms with Gasteiger partial charge in [0, 0.05) is 12.8 Å². The summed E-state index contributed by atoms with van der Waals surface area (Å²) >= 11 is 0. The number of hydrogen-bond donors (Lipinski definition) is 6. The molecule has 0 unspecified atom stereocenters. The van der Waals surface area contributed by atoms with Crippen molar-refractivity contribution in [2.24, 2.45) is 5.73 Å². The van der Waals surface area contributed by atoms with Crippen molar-refractivity contribution in [2.45, 2.75) is 70.0 Å². The van der Waals surface area contributed by atoms with E-state index in [-0.39, 0.29) is 12.8 Å². The third kappa shape index (κ3) is 10.8. The van der Waals surface area contributed by atoms with Gasteiger partial charge in [0.25, 0.3) is 0 Å². The number of nitrogens with one attached hydrogen (secondary N) is 2. The molecule has 0 aliphatic heterocycles. The zero-order valence-electron chi connectivity index (χ0n) is 15.1. The van der Waals surface area contributed by atoms with Crippen molar-refractivity contribution in [3.8, 4) is 0 Å². The van der Waals surface area contributed by atoms with Gasteiger partial charge >= 0.3 is 17.9 Å². The molecule has 0 aromatic rings. The quantitative estimate of drug-likeness (QED) is 0.222. The van der Waals surface area contributed by atoms with Gasteiger partial charge in [-0.15, -0.1) is 0 Å². The lowest BCUT2D eigenvalue weighted by Crippen LogP contribution is -2.54. The van der Waals surface area contributed by atoms with Gasteiger partial charge in [-0.05, 0) is 19.3 Å². The Morgan fingerprint density at radius 1 is 0.815 bits per heavy atom. The molecule has 0 rings (SSSR count). The number of unbranched alkanes of at least 4 members (excludes halogenated alkanes) is 1. The lowest BCUT2D eigenvalue weighted by Gasteiger charge is -2.22. The fourth-order valence-corrected chi connectivity index (χ4v) is 2.17. The summed E-state index contributed by atoms with van der Waals surface area (Å²) in [6.07, 6.45) is 0.349. The highest BCUT2D eigenvalue weighted by molar-refractivity contribution is 5.92. The van der Waals surface area contributed by atoms with Crippen LogP contribution in [0.1, 0.15) is 51.9 Å². The van der Waals surface area contributed by atoms with Crippen molar-refractivity contribution in [2.75, 3.05) is 0 Å². The fourth-order valence-electron chi connectivity index (χ4n) is 2.17. The molecule has 2 amide bonds. The molecule has 3 atom stereocenters. The van der Waals surface area contributed by atoms with Crippen LogP contribution in [0.3, 0.4) is 0 Å². The summed E-state index contributed by atoms with van der Waals surface area (Å²) in [6.45, 7) is 1.91. The number of rotatable bonds is 14. The SMILES string of the molecule is CCCC[C@H](N)C(=O)N[C@@H](CCC(=O)O)C(=O)N[C@@H](CCC(=O)O)C(=O)O. The van der Waals surface area contributed by atoms with Crippen molar-refractivity contribution in [3.63, 3.8) is 0 Å². The van der Waals surface area contributed by atoms with Gasteiger partial charge < -0.3 is 31.7 Å². The number of amides is 2. The number of aliphatic carboxylic acids is 3. The van der Waals surface area contributed by atoms with Gasteiger partial charge in [0.2, 0.25) is 11.8 Å². The summed E-state index contributed by atoms with van der Waals surface area (Å²) in [6, 6.07) is -3.66. The van der Waals surface area contributed by atoms with Crippen molar-refractivity contribution >= 4 is 29.7 Å². The van der Waals surface area contributed by atoms with Crippen LogP contribution in [-0.4, -0.2) is 63.2 Å². The van der Waals surface area contributed by atoms with Gasteiger partial charge in [-0.3, -0.25) is 19.2 Å². The Morgan fingerprint density at radius 2 is 1.30 bits per heavy atom. The minimum Gasteiger partial charge on any atom is -0.481 e. The highest BCUT2D eigenvalue weighted by atomic mass is 16.4. The van der Waals surface area contributed by atoms with E-state index in [2.05, 4.69) is 10.6 Å². The molecular weight excluding hydrogens is 362 g/mol. The largest absolute Gasteiger partial charge is 0.481 e. The number of carbonyl (C=O) groups excluding carboxylic acids is 2. The first kappa shape index (κ1) is 24.3. The molecule has 0 aromatic carbocycles. The zero-order valence-corrected chi connectivity index (χ0v) is 15.1. The van der Waals surface area contributed by atoms with Crippen LogP contribution in [0.4, 0.5) is 0 Å². The maximum absolute atomic E-state index is 12.3. The van der Waals surface area contributed by atoms with Crippen LogP contribution in [0.25, 0.3) is 0 Å². The lowest BCUT2D eigenvalue weighted by molar-refractivity contribution is -0.144. The van der Waals surface area contributed by atoms with E-state index < -0.39 is 60.7 Å². The van der Waals surface area contributed by atoms with Crippen molar-refractivity contribution in [1.29, 1.82) is 0 Å². The summed E-state index contributed by atoms with van der Waals surface area (Å²) in [5, 5.41) is 31.0. The van der Waals surface area contributed by atoms with Gasteiger partial charge in [-0.1, -0.05) is 19.8 Å². The number of carbonyl (C=O) groups is 5.